The average Bonchev–Trinajstić information content (AvgIpc) is 2.28. The van der Waals surface area contributed by atoms with E-state index in [2.05, 4.69) is 4.98 Å². The first-order chi connectivity index (χ1) is 8.06. The number of aryl methyl sites for hydroxylation is 1. The van der Waals surface area contributed by atoms with E-state index in [9.17, 15) is 4.79 Å². The molecule has 1 N–H and O–H groups in total. The summed E-state index contributed by atoms with van der Waals surface area (Å²) in [5.74, 6) is 0. The molecule has 0 unspecified atom stereocenters. The zero-order valence-corrected chi connectivity index (χ0v) is 10.3. The number of anilines is 1. The summed E-state index contributed by atoms with van der Waals surface area (Å²) >= 11 is 0. The summed E-state index contributed by atoms with van der Waals surface area (Å²) in [5, 5.41) is 0. The lowest BCUT2D eigenvalue weighted by molar-refractivity contribution is 1.13. The van der Waals surface area contributed by atoms with Crippen LogP contribution in [0.5, 0.6) is 0 Å². The maximum absolute atomic E-state index is 11.4. The van der Waals surface area contributed by atoms with Gasteiger partial charge in [-0.05, 0) is 36.2 Å². The van der Waals surface area contributed by atoms with E-state index in [4.69, 9.17) is 0 Å². The van der Waals surface area contributed by atoms with Gasteiger partial charge in [-0.3, -0.25) is 4.79 Å². The van der Waals surface area contributed by atoms with E-state index in [1.807, 2.05) is 56.3 Å². The second kappa shape index (κ2) is 4.45. The van der Waals surface area contributed by atoms with Crippen molar-refractivity contribution < 1.29 is 0 Å². The maximum Gasteiger partial charge on any atom is 0.248 e. The fourth-order valence-electron chi connectivity index (χ4n) is 1.78. The highest BCUT2D eigenvalue weighted by atomic mass is 16.1. The highest BCUT2D eigenvalue weighted by Crippen LogP contribution is 2.20. The number of benzene rings is 1. The second-order valence-corrected chi connectivity index (χ2v) is 4.38. The van der Waals surface area contributed by atoms with E-state index in [1.165, 1.54) is 0 Å². The lowest BCUT2D eigenvalue weighted by Crippen LogP contribution is -2.08. The summed E-state index contributed by atoms with van der Waals surface area (Å²) in [6.07, 6.45) is 0. The van der Waals surface area contributed by atoms with Crippen molar-refractivity contribution in [3.63, 3.8) is 0 Å². The van der Waals surface area contributed by atoms with Gasteiger partial charge >= 0.3 is 0 Å². The largest absolute Gasteiger partial charge is 0.378 e. The van der Waals surface area contributed by atoms with E-state index in [1.54, 1.807) is 6.07 Å². The first-order valence-electron chi connectivity index (χ1n) is 5.55. The predicted molar refractivity (Wildman–Crippen MR) is 71.6 cm³/mol. The standard InChI is InChI=1S/C14H16N2O/c1-10-8-13(15-14(17)9-10)11-4-6-12(7-5-11)16(2)3/h4-9H,1-3H3,(H,15,17). The number of aromatic nitrogens is 1. The molecule has 0 atom stereocenters. The van der Waals surface area contributed by atoms with E-state index >= 15 is 0 Å². The smallest absolute Gasteiger partial charge is 0.248 e. The molecule has 1 aromatic carbocycles. The van der Waals surface area contributed by atoms with Crippen LogP contribution in [0, 0.1) is 6.92 Å². The van der Waals surface area contributed by atoms with Gasteiger partial charge in [0, 0.05) is 31.5 Å². The molecule has 0 saturated carbocycles. The van der Waals surface area contributed by atoms with Crippen LogP contribution in [0.4, 0.5) is 5.69 Å². The minimum absolute atomic E-state index is 0.0586. The minimum Gasteiger partial charge on any atom is -0.378 e. The lowest BCUT2D eigenvalue weighted by atomic mass is 10.1. The van der Waals surface area contributed by atoms with Crippen molar-refractivity contribution in [3.8, 4) is 11.3 Å². The Bertz CT molecular complexity index is 568. The molecule has 2 aromatic rings. The molecule has 3 heteroatoms. The Labute approximate surface area is 101 Å². The topological polar surface area (TPSA) is 36.1 Å². The zero-order valence-electron chi connectivity index (χ0n) is 10.3. The quantitative estimate of drug-likeness (QED) is 0.857. The molecule has 1 heterocycles. The van der Waals surface area contributed by atoms with Gasteiger partial charge in [0.15, 0.2) is 0 Å². The molecule has 0 fully saturated rings. The average molecular weight is 228 g/mol. The van der Waals surface area contributed by atoms with Crippen LogP contribution in [0.1, 0.15) is 5.56 Å². The van der Waals surface area contributed by atoms with Gasteiger partial charge in [0.2, 0.25) is 5.56 Å². The Hall–Kier alpha value is -2.03. The van der Waals surface area contributed by atoms with Crippen molar-refractivity contribution in [2.75, 3.05) is 19.0 Å². The zero-order chi connectivity index (χ0) is 12.4. The third kappa shape index (κ3) is 2.56. The highest BCUT2D eigenvalue weighted by molar-refractivity contribution is 5.63. The lowest BCUT2D eigenvalue weighted by Gasteiger charge is -2.12. The van der Waals surface area contributed by atoms with Crippen LogP contribution in [0.15, 0.2) is 41.2 Å². The Morgan fingerprint density at radius 1 is 1.06 bits per heavy atom. The van der Waals surface area contributed by atoms with Crippen molar-refractivity contribution >= 4 is 5.69 Å². The van der Waals surface area contributed by atoms with Crippen LogP contribution in [0.25, 0.3) is 11.3 Å². The predicted octanol–water partition coefficient (Wildman–Crippen LogP) is 2.42. The molecule has 0 bridgehead atoms. The van der Waals surface area contributed by atoms with Crippen molar-refractivity contribution in [1.29, 1.82) is 0 Å². The SMILES string of the molecule is Cc1cc(-c2ccc(N(C)C)cc2)[nH]c(=O)c1. The number of nitrogens with one attached hydrogen (secondary N) is 1. The molecule has 17 heavy (non-hydrogen) atoms. The number of hydrogen-bond acceptors (Lipinski definition) is 2. The Balaban J connectivity index is 2.43. The summed E-state index contributed by atoms with van der Waals surface area (Å²) in [5.41, 5.74) is 3.94. The molecule has 1 aromatic heterocycles. The van der Waals surface area contributed by atoms with E-state index in [-0.39, 0.29) is 5.56 Å². The fourth-order valence-corrected chi connectivity index (χ4v) is 1.78. The van der Waals surface area contributed by atoms with Gasteiger partial charge in [-0.1, -0.05) is 12.1 Å². The molecule has 0 aliphatic heterocycles. The maximum atomic E-state index is 11.4. The third-order valence-corrected chi connectivity index (χ3v) is 2.68. The first kappa shape index (κ1) is 11.5. The van der Waals surface area contributed by atoms with Crippen LogP contribution < -0.4 is 10.5 Å². The summed E-state index contributed by atoms with van der Waals surface area (Å²) in [6, 6.07) is 11.7. The molecule has 0 saturated heterocycles. The van der Waals surface area contributed by atoms with Crippen molar-refractivity contribution in [2.45, 2.75) is 6.92 Å². The van der Waals surface area contributed by atoms with Crippen LogP contribution >= 0.6 is 0 Å². The third-order valence-electron chi connectivity index (χ3n) is 2.68. The number of aromatic amines is 1. The number of hydrogen-bond donors (Lipinski definition) is 1. The summed E-state index contributed by atoms with van der Waals surface area (Å²) < 4.78 is 0. The molecular formula is C14H16N2O. The van der Waals surface area contributed by atoms with Crippen LogP contribution in [0.3, 0.4) is 0 Å². The number of pyridine rings is 1. The van der Waals surface area contributed by atoms with Gasteiger partial charge in [-0.25, -0.2) is 0 Å². The van der Waals surface area contributed by atoms with E-state index < -0.39 is 0 Å². The molecule has 3 nitrogen and oxygen atoms in total. The molecule has 0 amide bonds. The van der Waals surface area contributed by atoms with Gasteiger partial charge < -0.3 is 9.88 Å². The van der Waals surface area contributed by atoms with Crippen LogP contribution in [-0.2, 0) is 0 Å². The van der Waals surface area contributed by atoms with Gasteiger partial charge in [0.05, 0.1) is 0 Å². The van der Waals surface area contributed by atoms with Crippen LogP contribution in [0.2, 0.25) is 0 Å². The monoisotopic (exact) mass is 228 g/mol. The number of nitrogens with zero attached hydrogens (tertiary/aromatic N) is 1. The summed E-state index contributed by atoms with van der Waals surface area (Å²) in [7, 11) is 4.01. The van der Waals surface area contributed by atoms with Crippen molar-refractivity contribution in [3.05, 3.63) is 52.3 Å². The summed E-state index contributed by atoms with van der Waals surface area (Å²) in [4.78, 5) is 16.3. The molecule has 2 rings (SSSR count). The van der Waals surface area contributed by atoms with Crippen LogP contribution in [-0.4, -0.2) is 19.1 Å². The Morgan fingerprint density at radius 2 is 1.71 bits per heavy atom. The fraction of sp³-hybridized carbons (Fsp3) is 0.214. The summed E-state index contributed by atoms with van der Waals surface area (Å²) in [6.45, 7) is 1.92. The second-order valence-electron chi connectivity index (χ2n) is 4.38. The highest BCUT2D eigenvalue weighted by Gasteiger charge is 2.01. The van der Waals surface area contributed by atoms with Gasteiger partial charge in [0.25, 0.3) is 0 Å². The minimum atomic E-state index is -0.0586. The van der Waals surface area contributed by atoms with Gasteiger partial charge in [-0.15, -0.1) is 0 Å². The Kier molecular flexibility index (Phi) is 3.00. The van der Waals surface area contributed by atoms with E-state index in [0.717, 1.165) is 22.5 Å². The van der Waals surface area contributed by atoms with Crippen molar-refractivity contribution in [1.82, 2.24) is 4.98 Å². The van der Waals surface area contributed by atoms with Gasteiger partial charge in [0.1, 0.15) is 0 Å². The molecular weight excluding hydrogens is 212 g/mol. The normalized spacial score (nSPS) is 10.3. The van der Waals surface area contributed by atoms with Gasteiger partial charge in [-0.2, -0.15) is 0 Å². The molecule has 0 aliphatic carbocycles. The molecule has 0 radical (unpaired) electrons. The number of rotatable bonds is 2. The van der Waals surface area contributed by atoms with Crippen molar-refractivity contribution in [2.24, 2.45) is 0 Å². The first-order valence-corrected chi connectivity index (χ1v) is 5.55. The molecule has 0 spiro atoms. The van der Waals surface area contributed by atoms with E-state index in [0.29, 0.717) is 0 Å². The Morgan fingerprint density at radius 3 is 2.24 bits per heavy atom. The molecule has 88 valence electrons. The number of H-pyrrole nitrogens is 1. The molecule has 0 aliphatic rings.